The highest BCUT2D eigenvalue weighted by Crippen LogP contribution is 2.24. The van der Waals surface area contributed by atoms with Crippen molar-refractivity contribution in [2.75, 3.05) is 44.8 Å². The van der Waals surface area contributed by atoms with Crippen LogP contribution >= 0.6 is 0 Å². The minimum atomic E-state index is -3.48. The second-order valence-electron chi connectivity index (χ2n) is 5.99. The summed E-state index contributed by atoms with van der Waals surface area (Å²) in [5.41, 5.74) is 1.07. The normalized spacial score (nSPS) is 15.7. The molecule has 0 amide bonds. The Balaban J connectivity index is 1.66. The number of anilines is 1. The van der Waals surface area contributed by atoms with Crippen LogP contribution in [0.2, 0.25) is 0 Å². The van der Waals surface area contributed by atoms with Crippen LogP contribution in [0.5, 0.6) is 11.5 Å². The van der Waals surface area contributed by atoms with Crippen molar-refractivity contribution in [2.24, 2.45) is 0 Å². The lowest BCUT2D eigenvalue weighted by atomic mass is 10.2. The molecule has 1 fully saturated rings. The topological polar surface area (TPSA) is 59.1 Å². The van der Waals surface area contributed by atoms with Crippen LogP contribution in [0.3, 0.4) is 0 Å². The first kappa shape index (κ1) is 18.5. The van der Waals surface area contributed by atoms with Crippen molar-refractivity contribution in [1.29, 1.82) is 0 Å². The third-order valence-electron chi connectivity index (χ3n) is 4.45. The minimum Gasteiger partial charge on any atom is -0.497 e. The first-order chi connectivity index (χ1) is 12.5. The number of sulfonamides is 1. The number of piperazine rings is 1. The SMILES string of the molecule is CCOc1ccc(S(=O)(=O)N2CCN(c3ccc(OC)cc3)CC2)cc1. The van der Waals surface area contributed by atoms with E-state index in [2.05, 4.69) is 4.90 Å². The van der Waals surface area contributed by atoms with Crippen molar-refractivity contribution in [3.63, 3.8) is 0 Å². The summed E-state index contributed by atoms with van der Waals surface area (Å²) in [5, 5.41) is 0. The molecule has 1 heterocycles. The molecular formula is C19H24N2O4S. The number of hydrogen-bond donors (Lipinski definition) is 0. The summed E-state index contributed by atoms with van der Waals surface area (Å²) in [4.78, 5) is 2.49. The third kappa shape index (κ3) is 3.94. The summed E-state index contributed by atoms with van der Waals surface area (Å²) < 4.78 is 37.8. The number of hydrogen-bond acceptors (Lipinski definition) is 5. The highest BCUT2D eigenvalue weighted by molar-refractivity contribution is 7.89. The van der Waals surface area contributed by atoms with Gasteiger partial charge in [-0.1, -0.05) is 0 Å². The van der Waals surface area contributed by atoms with E-state index >= 15 is 0 Å². The van der Waals surface area contributed by atoms with Gasteiger partial charge >= 0.3 is 0 Å². The molecule has 3 rings (SSSR count). The average Bonchev–Trinajstić information content (AvgIpc) is 2.69. The van der Waals surface area contributed by atoms with E-state index in [-0.39, 0.29) is 0 Å². The van der Waals surface area contributed by atoms with Gasteiger partial charge in [-0.3, -0.25) is 0 Å². The molecule has 1 aliphatic heterocycles. The van der Waals surface area contributed by atoms with E-state index in [0.717, 1.165) is 11.4 Å². The Morgan fingerprint density at radius 2 is 1.46 bits per heavy atom. The molecule has 1 saturated heterocycles. The fourth-order valence-electron chi connectivity index (χ4n) is 3.00. The van der Waals surface area contributed by atoms with Gasteiger partial charge < -0.3 is 14.4 Å². The standard InChI is InChI=1S/C19H24N2O4S/c1-3-25-18-8-10-19(11-9-18)26(22,23)21-14-12-20(13-15-21)16-4-6-17(24-2)7-5-16/h4-11H,3,12-15H2,1-2H3. The van der Waals surface area contributed by atoms with Gasteiger partial charge in [0.05, 0.1) is 18.6 Å². The molecule has 0 N–H and O–H groups in total. The molecule has 0 aromatic heterocycles. The molecule has 7 heteroatoms. The molecule has 1 aliphatic rings. The van der Waals surface area contributed by atoms with Gasteiger partial charge in [-0.05, 0) is 55.5 Å². The van der Waals surface area contributed by atoms with Crippen molar-refractivity contribution in [3.05, 3.63) is 48.5 Å². The largest absolute Gasteiger partial charge is 0.497 e. The maximum absolute atomic E-state index is 12.8. The van der Waals surface area contributed by atoms with Crippen LogP contribution in [-0.2, 0) is 10.0 Å². The quantitative estimate of drug-likeness (QED) is 0.776. The van der Waals surface area contributed by atoms with Crippen LogP contribution in [-0.4, -0.2) is 52.6 Å². The molecule has 0 saturated carbocycles. The highest BCUT2D eigenvalue weighted by atomic mass is 32.2. The fourth-order valence-corrected chi connectivity index (χ4v) is 4.43. The number of rotatable bonds is 6. The predicted molar refractivity (Wildman–Crippen MR) is 102 cm³/mol. The molecule has 2 aromatic rings. The van der Waals surface area contributed by atoms with Gasteiger partial charge in [0.2, 0.25) is 10.0 Å². The van der Waals surface area contributed by atoms with Gasteiger partial charge in [0.15, 0.2) is 0 Å². The molecule has 0 unspecified atom stereocenters. The smallest absolute Gasteiger partial charge is 0.243 e. The Hall–Kier alpha value is -2.25. The zero-order valence-electron chi connectivity index (χ0n) is 15.1. The fraction of sp³-hybridized carbons (Fsp3) is 0.368. The van der Waals surface area contributed by atoms with E-state index < -0.39 is 10.0 Å². The molecule has 2 aromatic carbocycles. The average molecular weight is 376 g/mol. The summed E-state index contributed by atoms with van der Waals surface area (Å²) in [6, 6.07) is 14.4. The zero-order valence-corrected chi connectivity index (χ0v) is 15.9. The number of ether oxygens (including phenoxy) is 2. The molecule has 26 heavy (non-hydrogen) atoms. The van der Waals surface area contributed by atoms with Crippen LogP contribution in [0.1, 0.15) is 6.92 Å². The van der Waals surface area contributed by atoms with Crippen molar-refractivity contribution in [3.8, 4) is 11.5 Å². The Morgan fingerprint density at radius 3 is 2.00 bits per heavy atom. The van der Waals surface area contributed by atoms with Gasteiger partial charge in [0, 0.05) is 31.9 Å². The van der Waals surface area contributed by atoms with Crippen molar-refractivity contribution < 1.29 is 17.9 Å². The first-order valence-corrected chi connectivity index (χ1v) is 10.1. The summed E-state index contributed by atoms with van der Waals surface area (Å²) in [5.74, 6) is 1.49. The summed E-state index contributed by atoms with van der Waals surface area (Å²) in [6.45, 7) is 4.68. The molecule has 0 atom stereocenters. The molecule has 0 spiro atoms. The zero-order chi connectivity index (χ0) is 18.6. The second-order valence-corrected chi connectivity index (χ2v) is 7.93. The Bertz CT molecular complexity index is 812. The van der Waals surface area contributed by atoms with Gasteiger partial charge in [0.25, 0.3) is 0 Å². The van der Waals surface area contributed by atoms with Crippen LogP contribution in [0, 0.1) is 0 Å². The first-order valence-electron chi connectivity index (χ1n) is 8.66. The van der Waals surface area contributed by atoms with E-state index in [1.54, 1.807) is 35.7 Å². The summed E-state index contributed by atoms with van der Waals surface area (Å²) in [7, 11) is -1.84. The van der Waals surface area contributed by atoms with E-state index in [0.29, 0.717) is 43.4 Å². The molecule has 0 bridgehead atoms. The van der Waals surface area contributed by atoms with Crippen LogP contribution in [0.25, 0.3) is 0 Å². The van der Waals surface area contributed by atoms with Crippen molar-refractivity contribution >= 4 is 15.7 Å². The maximum Gasteiger partial charge on any atom is 0.243 e. The Labute approximate surface area is 155 Å². The molecule has 140 valence electrons. The summed E-state index contributed by atoms with van der Waals surface area (Å²) in [6.07, 6.45) is 0. The van der Waals surface area contributed by atoms with Gasteiger partial charge in [-0.15, -0.1) is 0 Å². The van der Waals surface area contributed by atoms with E-state index in [1.165, 1.54) is 0 Å². The molecule has 0 aliphatic carbocycles. The second kappa shape index (κ2) is 7.97. The van der Waals surface area contributed by atoms with E-state index in [1.807, 2.05) is 31.2 Å². The van der Waals surface area contributed by atoms with Crippen LogP contribution in [0.4, 0.5) is 5.69 Å². The Morgan fingerprint density at radius 1 is 0.885 bits per heavy atom. The summed E-state index contributed by atoms with van der Waals surface area (Å²) >= 11 is 0. The lowest BCUT2D eigenvalue weighted by Gasteiger charge is -2.35. The van der Waals surface area contributed by atoms with Crippen LogP contribution in [0.15, 0.2) is 53.4 Å². The number of nitrogens with zero attached hydrogens (tertiary/aromatic N) is 2. The molecule has 6 nitrogen and oxygen atoms in total. The van der Waals surface area contributed by atoms with Gasteiger partial charge in [-0.25, -0.2) is 8.42 Å². The molecule has 0 radical (unpaired) electrons. The monoisotopic (exact) mass is 376 g/mol. The van der Waals surface area contributed by atoms with Crippen molar-refractivity contribution in [2.45, 2.75) is 11.8 Å². The van der Waals surface area contributed by atoms with Gasteiger partial charge in [0.1, 0.15) is 11.5 Å². The highest BCUT2D eigenvalue weighted by Gasteiger charge is 2.28. The lowest BCUT2D eigenvalue weighted by molar-refractivity contribution is 0.340. The Kier molecular flexibility index (Phi) is 5.68. The minimum absolute atomic E-state index is 0.304. The number of benzene rings is 2. The van der Waals surface area contributed by atoms with Crippen molar-refractivity contribution in [1.82, 2.24) is 4.31 Å². The van der Waals surface area contributed by atoms with E-state index in [9.17, 15) is 8.42 Å². The van der Waals surface area contributed by atoms with Crippen LogP contribution < -0.4 is 14.4 Å². The number of methoxy groups -OCH3 is 1. The predicted octanol–water partition coefficient (Wildman–Crippen LogP) is 2.60. The lowest BCUT2D eigenvalue weighted by Crippen LogP contribution is -2.48. The van der Waals surface area contributed by atoms with Gasteiger partial charge in [-0.2, -0.15) is 4.31 Å². The maximum atomic E-state index is 12.8. The van der Waals surface area contributed by atoms with E-state index in [4.69, 9.17) is 9.47 Å². The third-order valence-corrected chi connectivity index (χ3v) is 6.36. The molecular weight excluding hydrogens is 352 g/mol.